The molecule has 3 aliphatic rings. The molecule has 0 saturated carbocycles. The lowest BCUT2D eigenvalue weighted by atomic mass is 9.83. The molecule has 260 valence electrons. The highest BCUT2D eigenvalue weighted by atomic mass is 16.6. The van der Waals surface area contributed by atoms with Crippen LogP contribution in [0.25, 0.3) is 17.0 Å². The summed E-state index contributed by atoms with van der Waals surface area (Å²) in [6, 6.07) is 26.4. The van der Waals surface area contributed by atoms with Gasteiger partial charge in [-0.15, -0.1) is 0 Å². The van der Waals surface area contributed by atoms with Crippen molar-refractivity contribution in [2.45, 2.75) is 83.4 Å². The molecular formula is C41H49N7O2. The van der Waals surface area contributed by atoms with Gasteiger partial charge in [0.15, 0.2) is 5.82 Å². The number of anilines is 1. The number of hydrogen-bond acceptors (Lipinski definition) is 7. The van der Waals surface area contributed by atoms with E-state index in [1.165, 1.54) is 22.3 Å². The number of likely N-dealkylation sites (tertiary alicyclic amines) is 1. The number of rotatable bonds is 6. The largest absolute Gasteiger partial charge is 0.444 e. The lowest BCUT2D eigenvalue weighted by Gasteiger charge is -2.31. The Kier molecular flexibility index (Phi) is 8.62. The maximum atomic E-state index is 13.0. The van der Waals surface area contributed by atoms with Gasteiger partial charge in [0.1, 0.15) is 5.60 Å². The first-order valence-electron chi connectivity index (χ1n) is 17.6. The summed E-state index contributed by atoms with van der Waals surface area (Å²) in [7, 11) is 0. The highest BCUT2D eigenvalue weighted by Gasteiger charge is 2.36. The SMILES string of the molecule is CC(C)(C)OC(=O)N1CCC[C@H]1c1nc(-c2ccc(N3C=CC(c4ccc(C5=CNCN5)cc4)C3c3ccc(C(C)(C)C)cc3)cc2)cn1N. The molecule has 4 aromatic rings. The first kappa shape index (κ1) is 33.3. The third kappa shape index (κ3) is 6.69. The number of amides is 1. The van der Waals surface area contributed by atoms with Crippen molar-refractivity contribution in [3.63, 3.8) is 0 Å². The van der Waals surface area contributed by atoms with E-state index in [1.54, 1.807) is 9.58 Å². The van der Waals surface area contributed by atoms with Gasteiger partial charge >= 0.3 is 6.09 Å². The normalized spacial score (nSPS) is 20.5. The highest BCUT2D eigenvalue weighted by molar-refractivity contribution is 5.70. The molecule has 3 atom stereocenters. The van der Waals surface area contributed by atoms with Crippen LogP contribution >= 0.6 is 0 Å². The molecular weight excluding hydrogens is 622 g/mol. The second-order valence-corrected chi connectivity index (χ2v) is 15.6. The number of nitrogens with two attached hydrogens (primary N) is 1. The van der Waals surface area contributed by atoms with E-state index in [2.05, 4.69) is 121 Å². The average molecular weight is 672 g/mol. The molecule has 3 aromatic carbocycles. The van der Waals surface area contributed by atoms with Crippen molar-refractivity contribution in [2.75, 3.05) is 24.0 Å². The Hall–Kier alpha value is -5.18. The van der Waals surface area contributed by atoms with E-state index in [-0.39, 0.29) is 29.5 Å². The van der Waals surface area contributed by atoms with Gasteiger partial charge in [0, 0.05) is 36.1 Å². The number of hydrogen-bond donors (Lipinski definition) is 3. The van der Waals surface area contributed by atoms with E-state index in [1.807, 2.05) is 33.2 Å². The molecule has 0 bridgehead atoms. The highest BCUT2D eigenvalue weighted by Crippen LogP contribution is 2.45. The van der Waals surface area contributed by atoms with Crippen LogP contribution in [-0.2, 0) is 10.2 Å². The van der Waals surface area contributed by atoms with Crippen molar-refractivity contribution in [3.8, 4) is 11.3 Å². The number of carbonyl (C=O) groups is 1. The van der Waals surface area contributed by atoms with E-state index in [0.717, 1.165) is 42.2 Å². The maximum absolute atomic E-state index is 13.0. The Morgan fingerprint density at radius 2 is 1.58 bits per heavy atom. The lowest BCUT2D eigenvalue weighted by Crippen LogP contribution is -2.37. The van der Waals surface area contributed by atoms with Crippen molar-refractivity contribution in [1.29, 1.82) is 0 Å². The minimum absolute atomic E-state index is 0.0805. The molecule has 0 aliphatic carbocycles. The molecule has 1 fully saturated rings. The Labute approximate surface area is 295 Å². The number of benzene rings is 3. The molecule has 9 nitrogen and oxygen atoms in total. The van der Waals surface area contributed by atoms with E-state index in [4.69, 9.17) is 15.6 Å². The predicted octanol–water partition coefficient (Wildman–Crippen LogP) is 7.94. The smallest absolute Gasteiger partial charge is 0.410 e. The third-order valence-electron chi connectivity index (χ3n) is 9.85. The topological polar surface area (TPSA) is 101 Å². The molecule has 1 saturated heterocycles. The maximum Gasteiger partial charge on any atom is 0.410 e. The average Bonchev–Trinajstić information content (AvgIpc) is 3.90. The Bertz CT molecular complexity index is 1890. The van der Waals surface area contributed by atoms with Crippen LogP contribution in [-0.4, -0.2) is 39.5 Å². The summed E-state index contributed by atoms with van der Waals surface area (Å²) in [6.07, 6.45) is 9.76. The molecule has 1 amide bonds. The van der Waals surface area contributed by atoms with Crippen LogP contribution in [0.5, 0.6) is 0 Å². The molecule has 4 heterocycles. The fourth-order valence-electron chi connectivity index (χ4n) is 7.24. The summed E-state index contributed by atoms with van der Waals surface area (Å²) < 4.78 is 7.24. The second kappa shape index (κ2) is 12.9. The number of nitrogens with zero attached hydrogens (tertiary/aromatic N) is 4. The summed E-state index contributed by atoms with van der Waals surface area (Å²) in [6.45, 7) is 13.8. The van der Waals surface area contributed by atoms with Gasteiger partial charge in [0.05, 0.1) is 36.3 Å². The van der Waals surface area contributed by atoms with Gasteiger partial charge < -0.3 is 26.1 Å². The van der Waals surface area contributed by atoms with Gasteiger partial charge in [-0.3, -0.25) is 9.58 Å². The van der Waals surface area contributed by atoms with Crippen molar-refractivity contribution >= 4 is 17.5 Å². The minimum Gasteiger partial charge on any atom is -0.444 e. The molecule has 9 heteroatoms. The zero-order chi connectivity index (χ0) is 35.2. The monoisotopic (exact) mass is 671 g/mol. The van der Waals surface area contributed by atoms with Crippen molar-refractivity contribution in [3.05, 3.63) is 126 Å². The van der Waals surface area contributed by atoms with Gasteiger partial charge in [-0.2, -0.15) is 0 Å². The fraction of sp³-hybridized carbons (Fsp3) is 0.366. The number of nitrogen functional groups attached to an aromatic ring is 1. The van der Waals surface area contributed by atoms with E-state index in [0.29, 0.717) is 12.4 Å². The summed E-state index contributed by atoms with van der Waals surface area (Å²) in [5.41, 5.74) is 8.50. The van der Waals surface area contributed by atoms with Gasteiger partial charge in [-0.1, -0.05) is 87.5 Å². The summed E-state index contributed by atoms with van der Waals surface area (Å²) in [4.78, 5) is 22.1. The van der Waals surface area contributed by atoms with Crippen LogP contribution in [0.3, 0.4) is 0 Å². The van der Waals surface area contributed by atoms with E-state index >= 15 is 0 Å². The number of aromatic nitrogens is 2. The van der Waals surface area contributed by atoms with Crippen LogP contribution in [0.4, 0.5) is 10.5 Å². The molecule has 2 unspecified atom stereocenters. The Balaban J connectivity index is 1.15. The first-order chi connectivity index (χ1) is 23.9. The summed E-state index contributed by atoms with van der Waals surface area (Å²) >= 11 is 0. The molecule has 7 rings (SSSR count). The first-order valence-corrected chi connectivity index (χ1v) is 17.6. The van der Waals surface area contributed by atoms with Crippen LogP contribution in [0.1, 0.15) is 100 Å². The van der Waals surface area contributed by atoms with Crippen LogP contribution < -0.4 is 21.4 Å². The molecule has 50 heavy (non-hydrogen) atoms. The van der Waals surface area contributed by atoms with Crippen LogP contribution in [0.2, 0.25) is 0 Å². The quantitative estimate of drug-likeness (QED) is 0.179. The van der Waals surface area contributed by atoms with Crippen molar-refractivity contribution < 1.29 is 9.53 Å². The molecule has 3 aliphatic heterocycles. The van der Waals surface area contributed by atoms with Gasteiger partial charge in [-0.05, 0) is 73.4 Å². The van der Waals surface area contributed by atoms with Crippen molar-refractivity contribution in [2.24, 2.45) is 0 Å². The Morgan fingerprint density at radius 1 is 0.900 bits per heavy atom. The zero-order valence-corrected chi connectivity index (χ0v) is 30.0. The molecule has 0 radical (unpaired) electrons. The molecule has 1 aromatic heterocycles. The van der Waals surface area contributed by atoms with Gasteiger partial charge in [-0.25, -0.2) is 9.78 Å². The van der Waals surface area contributed by atoms with E-state index < -0.39 is 5.60 Å². The molecule has 4 N–H and O–H groups in total. The van der Waals surface area contributed by atoms with Gasteiger partial charge in [0.2, 0.25) is 0 Å². The number of nitrogens with one attached hydrogen (secondary N) is 2. The van der Waals surface area contributed by atoms with Gasteiger partial charge in [0.25, 0.3) is 0 Å². The fourth-order valence-corrected chi connectivity index (χ4v) is 7.24. The predicted molar refractivity (Wildman–Crippen MR) is 201 cm³/mol. The lowest BCUT2D eigenvalue weighted by molar-refractivity contribution is 0.0217. The van der Waals surface area contributed by atoms with Crippen molar-refractivity contribution in [1.82, 2.24) is 25.2 Å². The number of ether oxygens (including phenoxy) is 1. The minimum atomic E-state index is -0.567. The third-order valence-corrected chi connectivity index (χ3v) is 9.85. The van der Waals surface area contributed by atoms with E-state index in [9.17, 15) is 4.79 Å². The standard InChI is InChI=1S/C41H49N7O2/c1-40(2,3)31-17-13-30(14-18-31)37-33(27-9-11-28(12-10-27)34-24-43-26-44-34)21-23-46(37)32-19-15-29(16-20-32)35-25-48(42)38(45-35)36-8-7-22-47(36)39(49)50-41(4,5)6/h9-21,23-25,33,36-37,43-44H,7-8,22,26,42H2,1-6H3/t33?,36-,37?/m0/s1. The van der Waals surface area contributed by atoms with Crippen LogP contribution in [0, 0.1) is 0 Å². The molecule has 0 spiro atoms. The Morgan fingerprint density at radius 3 is 2.22 bits per heavy atom. The summed E-state index contributed by atoms with van der Waals surface area (Å²) in [5.74, 6) is 7.30. The van der Waals surface area contributed by atoms with Crippen LogP contribution in [0.15, 0.2) is 97.5 Å². The second-order valence-electron chi connectivity index (χ2n) is 15.6. The zero-order valence-electron chi connectivity index (χ0n) is 30.0. The number of imidazole rings is 1. The number of carbonyl (C=O) groups excluding carboxylic acids is 1. The summed E-state index contributed by atoms with van der Waals surface area (Å²) in [5, 5.41) is 6.62.